The van der Waals surface area contributed by atoms with E-state index in [2.05, 4.69) is 20.0 Å². The van der Waals surface area contributed by atoms with Crippen LogP contribution in [0.3, 0.4) is 0 Å². The molecule has 1 heterocycles. The van der Waals surface area contributed by atoms with Crippen molar-refractivity contribution in [3.05, 3.63) is 71.1 Å². The molecule has 1 amide bonds. The Morgan fingerprint density at radius 2 is 1.77 bits per heavy atom. The maximum Gasteiger partial charge on any atom is 0.435 e. The molecule has 3 rings (SSSR count). The number of likely N-dealkylation sites (N-methyl/N-ethyl adjacent to an activating group) is 1. The van der Waals surface area contributed by atoms with Crippen LogP contribution in [0.2, 0.25) is 0 Å². The molecule has 0 radical (unpaired) electrons. The summed E-state index contributed by atoms with van der Waals surface area (Å²) in [6.45, 7) is 3.44. The molecule has 43 heavy (non-hydrogen) atoms. The van der Waals surface area contributed by atoms with Crippen molar-refractivity contribution in [2.75, 3.05) is 26.5 Å². The number of aromatic nitrogens is 2. The number of carbonyl (C=O) groups excluding carboxylic acids is 2. The van der Waals surface area contributed by atoms with Gasteiger partial charge in [0.1, 0.15) is 13.2 Å². The second-order valence-electron chi connectivity index (χ2n) is 8.69. The topological polar surface area (TPSA) is 167 Å². The number of esters is 1. The predicted octanol–water partition coefficient (Wildman–Crippen LogP) is 3.93. The second-order valence-corrected chi connectivity index (χ2v) is 10.4. The molecule has 14 nitrogen and oxygen atoms in total. The van der Waals surface area contributed by atoms with E-state index < -0.39 is 47.4 Å². The number of ether oxygens (including phenoxy) is 2. The van der Waals surface area contributed by atoms with Gasteiger partial charge in [0.2, 0.25) is 5.28 Å². The van der Waals surface area contributed by atoms with E-state index in [1.807, 2.05) is 6.92 Å². The Labute approximate surface area is 243 Å². The lowest BCUT2D eigenvalue weighted by atomic mass is 10.1. The van der Waals surface area contributed by atoms with Crippen LogP contribution in [0, 0.1) is 12.1 Å². The molecule has 1 aromatic heterocycles. The van der Waals surface area contributed by atoms with E-state index in [9.17, 15) is 36.4 Å². The molecule has 232 valence electrons. The van der Waals surface area contributed by atoms with E-state index >= 15 is 0 Å². The Bertz CT molecular complexity index is 1560. The molecule has 0 fully saturated rings. The van der Waals surface area contributed by atoms with E-state index in [-0.39, 0.29) is 34.3 Å². The minimum Gasteiger partial charge on any atom is -0.569 e. The number of benzene rings is 2. The third-order valence-corrected chi connectivity index (χ3v) is 6.92. The number of hydrogen-bond acceptors (Lipinski definition) is 10. The summed E-state index contributed by atoms with van der Waals surface area (Å²) in [6.07, 6.45) is -6.06. The lowest BCUT2D eigenvalue weighted by Crippen LogP contribution is -2.36. The van der Waals surface area contributed by atoms with Crippen LogP contribution in [0.25, 0.3) is 16.9 Å². The minimum absolute atomic E-state index is 0.0323. The molecule has 3 aromatic rings. The zero-order valence-electron chi connectivity index (χ0n) is 23.1. The smallest absolute Gasteiger partial charge is 0.435 e. The summed E-state index contributed by atoms with van der Waals surface area (Å²) >= 11 is 0. The van der Waals surface area contributed by atoms with Crippen LogP contribution in [0.4, 0.5) is 18.0 Å². The third kappa shape index (κ3) is 9.06. The highest BCUT2D eigenvalue weighted by Gasteiger charge is 2.35. The van der Waals surface area contributed by atoms with Gasteiger partial charge in [-0.25, -0.2) is 22.6 Å². The van der Waals surface area contributed by atoms with Gasteiger partial charge in [-0.1, -0.05) is 29.8 Å². The number of carbonyl (C=O) groups is 2. The van der Waals surface area contributed by atoms with Gasteiger partial charge in [-0.05, 0) is 44.2 Å². The van der Waals surface area contributed by atoms with Gasteiger partial charge in [-0.15, -0.1) is 5.01 Å². The summed E-state index contributed by atoms with van der Waals surface area (Å²) in [5, 5.41) is 19.7. The van der Waals surface area contributed by atoms with Crippen LogP contribution >= 0.6 is 0 Å². The van der Waals surface area contributed by atoms with Crippen molar-refractivity contribution in [2.24, 2.45) is 5.28 Å². The molecule has 0 aliphatic carbocycles. The largest absolute Gasteiger partial charge is 0.569 e. The monoisotopic (exact) mass is 628 g/mol. The highest BCUT2D eigenvalue weighted by molar-refractivity contribution is 7.90. The molecule has 0 bridgehead atoms. The third-order valence-electron chi connectivity index (χ3n) is 5.59. The van der Waals surface area contributed by atoms with Gasteiger partial charge in [0, 0.05) is 12.5 Å². The van der Waals surface area contributed by atoms with E-state index in [1.54, 1.807) is 35.9 Å². The van der Waals surface area contributed by atoms with E-state index in [1.165, 1.54) is 12.1 Å². The molecule has 0 aliphatic rings. The molecule has 18 heteroatoms. The number of sulfonamides is 1. The maximum atomic E-state index is 13.4. The average molecular weight is 629 g/mol. The maximum absolute atomic E-state index is 13.4. The van der Waals surface area contributed by atoms with Gasteiger partial charge in [0.05, 0.1) is 27.8 Å². The first kappa shape index (κ1) is 32.6. The molecule has 2 aromatic carbocycles. The number of alkyl halides is 3. The van der Waals surface area contributed by atoms with Gasteiger partial charge in [0.25, 0.3) is 16.8 Å². The zero-order valence-corrected chi connectivity index (χ0v) is 23.9. The fourth-order valence-corrected chi connectivity index (χ4v) is 4.34. The Hall–Kier alpha value is -4.87. The SMILES string of the molecule is CCN(CCOC(=O)NS(=O)(=O)c1ccc(-n2nc(C(F)(F)F)cc2-c2ccc(C)cc2)cc1)[N+]([O-])=NOCOC(C)=O. The van der Waals surface area contributed by atoms with Crippen molar-refractivity contribution in [2.45, 2.75) is 31.8 Å². The minimum atomic E-state index is -4.72. The van der Waals surface area contributed by atoms with E-state index in [4.69, 9.17) is 4.74 Å². The number of nitrogens with one attached hydrogen (secondary N) is 1. The molecule has 0 atom stereocenters. The van der Waals surface area contributed by atoms with Crippen molar-refractivity contribution < 1.29 is 50.5 Å². The number of rotatable bonds is 12. The first-order chi connectivity index (χ1) is 20.2. The first-order valence-electron chi connectivity index (χ1n) is 12.4. The fourth-order valence-electron chi connectivity index (χ4n) is 3.45. The summed E-state index contributed by atoms with van der Waals surface area (Å²) < 4.78 is 77.7. The van der Waals surface area contributed by atoms with Crippen molar-refractivity contribution >= 4 is 22.1 Å². The number of halogens is 3. The number of aryl methyl sites for hydroxylation is 1. The van der Waals surface area contributed by atoms with E-state index in [0.29, 0.717) is 5.56 Å². The van der Waals surface area contributed by atoms with Crippen LogP contribution in [0.15, 0.2) is 64.8 Å². The molecule has 1 N–H and O–H groups in total. The molecule has 0 saturated heterocycles. The first-order valence-corrected chi connectivity index (χ1v) is 13.9. The molecular formula is C25H27F3N6O8S. The predicted molar refractivity (Wildman–Crippen MR) is 141 cm³/mol. The summed E-state index contributed by atoms with van der Waals surface area (Å²) in [7, 11) is -4.44. The molecule has 0 unspecified atom stereocenters. The van der Waals surface area contributed by atoms with Gasteiger partial charge in [-0.3, -0.25) is 4.79 Å². The average Bonchev–Trinajstić information content (AvgIpc) is 3.40. The fraction of sp³-hybridized carbons (Fsp3) is 0.320. The number of hydrazine groups is 1. The summed E-state index contributed by atoms with van der Waals surface area (Å²) in [6, 6.07) is 12.3. The van der Waals surface area contributed by atoms with Crippen LogP contribution in [-0.4, -0.2) is 66.7 Å². The lowest BCUT2D eigenvalue weighted by molar-refractivity contribution is -0.711. The Morgan fingerprint density at radius 1 is 1.12 bits per heavy atom. The molecule has 0 aliphatic heterocycles. The number of hydrogen-bond donors (Lipinski definition) is 1. The van der Waals surface area contributed by atoms with Crippen molar-refractivity contribution in [1.82, 2.24) is 19.5 Å². The quantitative estimate of drug-likeness (QED) is 0.0775. The normalized spacial score (nSPS) is 12.0. The van der Waals surface area contributed by atoms with Crippen molar-refractivity contribution in [3.63, 3.8) is 0 Å². The second kappa shape index (κ2) is 13.9. The van der Waals surface area contributed by atoms with Gasteiger partial charge >= 0.3 is 18.2 Å². The Kier molecular flexibility index (Phi) is 10.5. The van der Waals surface area contributed by atoms with Crippen LogP contribution < -0.4 is 4.72 Å². The van der Waals surface area contributed by atoms with Crippen LogP contribution in [-0.2, 0) is 35.3 Å². The molecule has 0 saturated carbocycles. The Balaban J connectivity index is 1.66. The van der Waals surface area contributed by atoms with Gasteiger partial charge in [0.15, 0.2) is 5.69 Å². The summed E-state index contributed by atoms with van der Waals surface area (Å²) in [4.78, 5) is 27.0. The van der Waals surface area contributed by atoms with Crippen molar-refractivity contribution in [1.29, 1.82) is 0 Å². The van der Waals surface area contributed by atoms with Gasteiger partial charge < -0.3 is 19.5 Å². The highest BCUT2D eigenvalue weighted by atomic mass is 32.2. The highest BCUT2D eigenvalue weighted by Crippen LogP contribution is 2.33. The van der Waals surface area contributed by atoms with Gasteiger partial charge in [-0.2, -0.15) is 18.3 Å². The Morgan fingerprint density at radius 3 is 2.35 bits per heavy atom. The van der Waals surface area contributed by atoms with Crippen LogP contribution in [0.5, 0.6) is 0 Å². The van der Waals surface area contributed by atoms with Crippen LogP contribution in [0.1, 0.15) is 25.1 Å². The summed E-state index contributed by atoms with van der Waals surface area (Å²) in [5.74, 6) is -0.644. The molecular weight excluding hydrogens is 601 g/mol. The standard InChI is InChI=1S/C25H27F3N6O8S/c1-4-32(34(37)31-42-16-41-18(3)35)13-14-40-24(36)30-43(38,39)21-11-9-20(10-12-21)33-22(15-23(29-33)25(26,27)28)19-7-5-17(2)6-8-19/h5-12,15H,4,13-14,16H2,1-3H3,(H,30,36). The number of amides is 1. The lowest BCUT2D eigenvalue weighted by Gasteiger charge is -2.16. The zero-order chi connectivity index (χ0) is 31.8. The van der Waals surface area contributed by atoms with Crippen molar-refractivity contribution in [3.8, 4) is 16.9 Å². The summed E-state index contributed by atoms with van der Waals surface area (Å²) in [5.41, 5.74) is 0.497. The van der Waals surface area contributed by atoms with E-state index in [0.717, 1.165) is 40.4 Å². The number of nitrogens with zero attached hydrogens (tertiary/aromatic N) is 5. The molecule has 0 spiro atoms.